The normalized spacial score (nSPS) is 23.2. The van der Waals surface area contributed by atoms with Crippen LogP contribution in [0.3, 0.4) is 0 Å². The SMILES string of the molecule is CC(=O)OC[C@H]1O[C@H](Oc2ccc(-c3cccnc3)cc2)[C@@H](OC(C)=O)[C@@H](OC(C)=O)[C@@H]1OC(C)=O. The molecule has 0 unspecified atom stereocenters. The second-order valence-electron chi connectivity index (χ2n) is 7.95. The van der Waals surface area contributed by atoms with Crippen molar-refractivity contribution in [3.8, 4) is 16.9 Å². The maximum absolute atomic E-state index is 11.9. The molecule has 1 saturated heterocycles. The molecule has 0 N–H and O–H groups in total. The highest BCUT2D eigenvalue weighted by Crippen LogP contribution is 2.31. The van der Waals surface area contributed by atoms with Crippen molar-refractivity contribution >= 4 is 23.9 Å². The van der Waals surface area contributed by atoms with Crippen LogP contribution in [0.2, 0.25) is 0 Å². The van der Waals surface area contributed by atoms with Crippen molar-refractivity contribution < 1.29 is 47.6 Å². The van der Waals surface area contributed by atoms with Crippen LogP contribution in [0.1, 0.15) is 27.7 Å². The lowest BCUT2D eigenvalue weighted by atomic mass is 9.98. The molecular formula is C25H27NO10. The summed E-state index contributed by atoms with van der Waals surface area (Å²) in [5.41, 5.74) is 1.79. The standard InChI is InChI=1S/C25H27NO10/c1-14(27)31-13-21-22(32-15(2)28)23(33-16(3)29)24(34-17(4)30)25(36-21)35-20-9-7-18(8-10-20)19-6-5-11-26-12-19/h5-12,21-25H,13H2,1-4H3/t21-,22-,23+,24+,25+/m1/s1. The van der Waals surface area contributed by atoms with E-state index in [9.17, 15) is 19.2 Å². The number of hydrogen-bond acceptors (Lipinski definition) is 11. The zero-order valence-corrected chi connectivity index (χ0v) is 20.2. The van der Waals surface area contributed by atoms with Crippen LogP contribution in [-0.2, 0) is 42.9 Å². The number of benzene rings is 1. The van der Waals surface area contributed by atoms with E-state index in [4.69, 9.17) is 28.4 Å². The van der Waals surface area contributed by atoms with E-state index < -0.39 is 54.6 Å². The Bertz CT molecular complexity index is 1070. The lowest BCUT2D eigenvalue weighted by molar-refractivity contribution is -0.288. The molecule has 0 bridgehead atoms. The van der Waals surface area contributed by atoms with Crippen LogP contribution in [0.25, 0.3) is 11.1 Å². The van der Waals surface area contributed by atoms with Gasteiger partial charge in [0.25, 0.3) is 0 Å². The van der Waals surface area contributed by atoms with Gasteiger partial charge in [-0.3, -0.25) is 24.2 Å². The Morgan fingerprint density at radius 2 is 1.39 bits per heavy atom. The fraction of sp³-hybridized carbons (Fsp3) is 0.400. The summed E-state index contributed by atoms with van der Waals surface area (Å²) in [7, 11) is 0. The monoisotopic (exact) mass is 501 g/mol. The van der Waals surface area contributed by atoms with Crippen LogP contribution in [0.15, 0.2) is 48.8 Å². The molecule has 1 aromatic carbocycles. The van der Waals surface area contributed by atoms with Gasteiger partial charge >= 0.3 is 23.9 Å². The molecule has 1 aromatic heterocycles. The number of aromatic nitrogens is 1. The summed E-state index contributed by atoms with van der Waals surface area (Å²) in [6.45, 7) is 4.33. The summed E-state index contributed by atoms with van der Waals surface area (Å²) < 4.78 is 33.1. The molecule has 0 saturated carbocycles. The van der Waals surface area contributed by atoms with Gasteiger partial charge in [-0.05, 0) is 29.3 Å². The predicted molar refractivity (Wildman–Crippen MR) is 122 cm³/mol. The molecule has 36 heavy (non-hydrogen) atoms. The van der Waals surface area contributed by atoms with E-state index in [1.165, 1.54) is 6.92 Å². The van der Waals surface area contributed by atoms with Crippen molar-refractivity contribution in [3.05, 3.63) is 48.8 Å². The third kappa shape index (κ3) is 7.25. The fourth-order valence-electron chi connectivity index (χ4n) is 3.68. The van der Waals surface area contributed by atoms with Gasteiger partial charge in [-0.15, -0.1) is 0 Å². The molecule has 11 heteroatoms. The quantitative estimate of drug-likeness (QED) is 0.389. The Balaban J connectivity index is 1.92. The number of ether oxygens (including phenoxy) is 6. The zero-order valence-electron chi connectivity index (χ0n) is 20.2. The molecule has 1 aliphatic rings. The predicted octanol–water partition coefficient (Wildman–Crippen LogP) is 2.21. The minimum atomic E-state index is -1.30. The molecule has 0 spiro atoms. The Morgan fingerprint density at radius 3 is 1.94 bits per heavy atom. The first-order chi connectivity index (χ1) is 17.1. The van der Waals surface area contributed by atoms with E-state index in [0.29, 0.717) is 5.75 Å². The Kier molecular flexibility index (Phi) is 8.96. The Hall–Kier alpha value is -3.99. The van der Waals surface area contributed by atoms with Crippen LogP contribution in [0.4, 0.5) is 0 Å². The summed E-state index contributed by atoms with van der Waals surface area (Å²) in [6, 6.07) is 10.7. The second-order valence-corrected chi connectivity index (χ2v) is 7.95. The Morgan fingerprint density at radius 1 is 0.778 bits per heavy atom. The number of carbonyl (C=O) groups excluding carboxylic acids is 4. The largest absolute Gasteiger partial charge is 0.463 e. The van der Waals surface area contributed by atoms with E-state index >= 15 is 0 Å². The molecule has 1 aliphatic heterocycles. The number of hydrogen-bond donors (Lipinski definition) is 0. The smallest absolute Gasteiger partial charge is 0.303 e. The third-order valence-corrected chi connectivity index (χ3v) is 5.05. The first-order valence-electron chi connectivity index (χ1n) is 11.1. The number of carbonyl (C=O) groups is 4. The van der Waals surface area contributed by atoms with Gasteiger partial charge in [0.05, 0.1) is 0 Å². The molecule has 3 rings (SSSR count). The molecule has 0 radical (unpaired) electrons. The van der Waals surface area contributed by atoms with Crippen LogP contribution < -0.4 is 4.74 Å². The zero-order chi connectivity index (χ0) is 26.2. The average Bonchev–Trinajstić information content (AvgIpc) is 2.82. The molecule has 1 fully saturated rings. The van der Waals surface area contributed by atoms with Gasteiger partial charge in [-0.25, -0.2) is 0 Å². The second kappa shape index (κ2) is 12.1. The number of nitrogens with zero attached hydrogens (tertiary/aromatic N) is 1. The first-order valence-corrected chi connectivity index (χ1v) is 11.1. The highest BCUT2D eigenvalue weighted by Gasteiger charge is 2.53. The van der Waals surface area contributed by atoms with Gasteiger partial charge < -0.3 is 28.4 Å². The van der Waals surface area contributed by atoms with Crippen LogP contribution in [0.5, 0.6) is 5.75 Å². The van der Waals surface area contributed by atoms with Crippen LogP contribution >= 0.6 is 0 Å². The van der Waals surface area contributed by atoms with Crippen LogP contribution in [0, 0.1) is 0 Å². The molecule has 2 aromatic rings. The number of esters is 4. The van der Waals surface area contributed by atoms with E-state index in [1.54, 1.807) is 36.7 Å². The summed E-state index contributed by atoms with van der Waals surface area (Å²) in [6.07, 6.45) is -2.85. The van der Waals surface area contributed by atoms with E-state index in [-0.39, 0.29) is 6.61 Å². The Labute approximate surface area is 207 Å². The average molecular weight is 501 g/mol. The van der Waals surface area contributed by atoms with Crippen molar-refractivity contribution in [2.75, 3.05) is 6.61 Å². The lowest BCUT2D eigenvalue weighted by Gasteiger charge is -2.43. The maximum atomic E-state index is 11.9. The van der Waals surface area contributed by atoms with E-state index in [2.05, 4.69) is 4.98 Å². The van der Waals surface area contributed by atoms with Gasteiger partial charge in [0.15, 0.2) is 12.2 Å². The van der Waals surface area contributed by atoms with Crippen LogP contribution in [-0.4, -0.2) is 66.2 Å². The topological polar surface area (TPSA) is 137 Å². The minimum absolute atomic E-state index is 0.336. The van der Waals surface area contributed by atoms with Gasteiger partial charge in [0.1, 0.15) is 18.5 Å². The van der Waals surface area contributed by atoms with Gasteiger partial charge in [-0.1, -0.05) is 18.2 Å². The van der Waals surface area contributed by atoms with Gasteiger partial charge in [-0.2, -0.15) is 0 Å². The van der Waals surface area contributed by atoms with Crippen molar-refractivity contribution in [2.45, 2.75) is 58.4 Å². The molecule has 192 valence electrons. The number of rotatable bonds is 8. The molecule has 5 atom stereocenters. The van der Waals surface area contributed by atoms with E-state index in [1.807, 2.05) is 12.1 Å². The third-order valence-electron chi connectivity index (χ3n) is 5.05. The van der Waals surface area contributed by atoms with Crippen molar-refractivity contribution in [1.82, 2.24) is 4.98 Å². The van der Waals surface area contributed by atoms with Crippen molar-refractivity contribution in [2.24, 2.45) is 0 Å². The van der Waals surface area contributed by atoms with Gasteiger partial charge in [0.2, 0.25) is 12.4 Å². The highest BCUT2D eigenvalue weighted by atomic mass is 16.7. The van der Waals surface area contributed by atoms with Gasteiger partial charge in [0, 0.05) is 40.1 Å². The van der Waals surface area contributed by atoms with E-state index in [0.717, 1.165) is 31.9 Å². The fourth-order valence-corrected chi connectivity index (χ4v) is 3.68. The summed E-state index contributed by atoms with van der Waals surface area (Å²) >= 11 is 0. The summed E-state index contributed by atoms with van der Waals surface area (Å²) in [5.74, 6) is -2.39. The van der Waals surface area contributed by atoms with Crippen molar-refractivity contribution in [1.29, 1.82) is 0 Å². The van der Waals surface area contributed by atoms with Crippen molar-refractivity contribution in [3.63, 3.8) is 0 Å². The molecule has 2 heterocycles. The summed E-state index contributed by atoms with van der Waals surface area (Å²) in [5, 5.41) is 0. The molecular weight excluding hydrogens is 474 g/mol. The number of pyridine rings is 1. The molecule has 0 aliphatic carbocycles. The molecule has 0 amide bonds. The lowest BCUT2D eigenvalue weighted by Crippen LogP contribution is -2.63. The molecule has 11 nitrogen and oxygen atoms in total. The minimum Gasteiger partial charge on any atom is -0.463 e. The summed E-state index contributed by atoms with van der Waals surface area (Å²) in [4.78, 5) is 51.2. The highest BCUT2D eigenvalue weighted by molar-refractivity contribution is 5.69. The first kappa shape index (κ1) is 26.6. The maximum Gasteiger partial charge on any atom is 0.303 e.